The second-order valence-electron chi connectivity index (χ2n) is 9.78. The van der Waals surface area contributed by atoms with Crippen LogP contribution in [0.3, 0.4) is 0 Å². The molecule has 0 N–H and O–H groups in total. The second kappa shape index (κ2) is 8.15. The number of hydrogen-bond donors (Lipinski definition) is 0. The molecule has 2 aliphatic rings. The highest BCUT2D eigenvalue weighted by molar-refractivity contribution is 6.74. The SMILES string of the molecule is COC(=O)C1(C(=O)OC)CC2=C(C)C[C@@H](CO[Si](C)(C)C(C)(C)C)C=C[C@H]2C1. The van der Waals surface area contributed by atoms with Crippen LogP contribution in [0.1, 0.15) is 47.0 Å². The van der Waals surface area contributed by atoms with Crippen molar-refractivity contribution in [1.29, 1.82) is 0 Å². The van der Waals surface area contributed by atoms with E-state index in [4.69, 9.17) is 13.9 Å². The van der Waals surface area contributed by atoms with Gasteiger partial charge in [0.25, 0.3) is 0 Å². The Hall–Kier alpha value is -1.40. The summed E-state index contributed by atoms with van der Waals surface area (Å²) in [5.41, 5.74) is 1.19. The Morgan fingerprint density at radius 1 is 1.14 bits per heavy atom. The smallest absolute Gasteiger partial charge is 0.323 e. The number of fused-ring (bicyclic) bond motifs is 1. The molecule has 2 atom stereocenters. The van der Waals surface area contributed by atoms with E-state index < -0.39 is 25.7 Å². The molecule has 28 heavy (non-hydrogen) atoms. The van der Waals surface area contributed by atoms with E-state index in [0.29, 0.717) is 25.4 Å². The first-order valence-electron chi connectivity index (χ1n) is 10.1. The summed E-state index contributed by atoms with van der Waals surface area (Å²) in [4.78, 5) is 24.9. The van der Waals surface area contributed by atoms with Gasteiger partial charge in [-0.1, -0.05) is 44.1 Å². The van der Waals surface area contributed by atoms with Crippen molar-refractivity contribution < 1.29 is 23.5 Å². The Kier molecular flexibility index (Phi) is 6.66. The summed E-state index contributed by atoms with van der Waals surface area (Å²) in [6.45, 7) is 14.1. The van der Waals surface area contributed by atoms with Crippen LogP contribution in [0.2, 0.25) is 18.1 Å². The van der Waals surface area contributed by atoms with E-state index in [1.807, 2.05) is 0 Å². The highest BCUT2D eigenvalue weighted by Crippen LogP contribution is 2.50. The van der Waals surface area contributed by atoms with Gasteiger partial charge in [0.05, 0.1) is 14.2 Å². The maximum Gasteiger partial charge on any atom is 0.323 e. The van der Waals surface area contributed by atoms with E-state index in [1.165, 1.54) is 25.4 Å². The van der Waals surface area contributed by atoms with Crippen molar-refractivity contribution >= 4 is 20.3 Å². The standard InChI is InChI=1S/C22H36O5Si/c1-15-11-16(14-27-28(7,8)21(2,3)4)9-10-17-12-22(13-18(15)17,19(23)25-5)20(24)26-6/h9-10,16-17H,11-14H2,1-8H3/t16-,17-/m0/s1. The van der Waals surface area contributed by atoms with Gasteiger partial charge in [0.15, 0.2) is 13.7 Å². The molecule has 0 radical (unpaired) electrons. The molecule has 2 rings (SSSR count). The average molecular weight is 409 g/mol. The Morgan fingerprint density at radius 2 is 1.71 bits per heavy atom. The Balaban J connectivity index is 2.19. The van der Waals surface area contributed by atoms with Crippen LogP contribution in [0.5, 0.6) is 0 Å². The minimum Gasteiger partial charge on any atom is -0.468 e. The van der Waals surface area contributed by atoms with Crippen molar-refractivity contribution in [2.45, 2.75) is 65.1 Å². The molecule has 5 nitrogen and oxygen atoms in total. The summed E-state index contributed by atoms with van der Waals surface area (Å²) in [6.07, 6.45) is 6.03. The van der Waals surface area contributed by atoms with Gasteiger partial charge >= 0.3 is 11.9 Å². The van der Waals surface area contributed by atoms with Crippen molar-refractivity contribution in [3.8, 4) is 0 Å². The fourth-order valence-electron chi connectivity index (χ4n) is 3.99. The Morgan fingerprint density at radius 3 is 2.21 bits per heavy atom. The first-order valence-corrected chi connectivity index (χ1v) is 13.0. The zero-order chi connectivity index (χ0) is 21.3. The second-order valence-corrected chi connectivity index (χ2v) is 14.6. The molecule has 2 aliphatic carbocycles. The van der Waals surface area contributed by atoms with Gasteiger partial charge in [-0.25, -0.2) is 0 Å². The predicted molar refractivity (Wildman–Crippen MR) is 112 cm³/mol. The number of carbonyl (C=O) groups excluding carboxylic acids is 2. The van der Waals surface area contributed by atoms with Gasteiger partial charge in [0.1, 0.15) is 0 Å². The molecule has 158 valence electrons. The normalized spacial score (nSPS) is 24.6. The van der Waals surface area contributed by atoms with Crippen LogP contribution in [0.25, 0.3) is 0 Å². The molecule has 0 aromatic carbocycles. The molecular formula is C22H36O5Si. The summed E-state index contributed by atoms with van der Waals surface area (Å²) in [5.74, 6) is -0.619. The van der Waals surface area contributed by atoms with Crippen LogP contribution in [-0.2, 0) is 23.5 Å². The quantitative estimate of drug-likeness (QED) is 0.287. The van der Waals surface area contributed by atoms with E-state index in [0.717, 1.165) is 6.42 Å². The number of carbonyl (C=O) groups is 2. The minimum atomic E-state index is -1.79. The molecule has 1 fully saturated rings. The highest BCUT2D eigenvalue weighted by atomic mass is 28.4. The van der Waals surface area contributed by atoms with Crippen LogP contribution in [0.4, 0.5) is 0 Å². The summed E-state index contributed by atoms with van der Waals surface area (Å²) in [7, 11) is 0.861. The lowest BCUT2D eigenvalue weighted by Crippen LogP contribution is -2.41. The Bertz CT molecular complexity index is 668. The molecule has 0 saturated heterocycles. The van der Waals surface area contributed by atoms with Crippen LogP contribution in [-0.4, -0.2) is 41.1 Å². The zero-order valence-electron chi connectivity index (χ0n) is 18.7. The number of rotatable bonds is 5. The first kappa shape index (κ1) is 22.9. The summed E-state index contributed by atoms with van der Waals surface area (Å²) in [5, 5.41) is 0.187. The number of esters is 2. The van der Waals surface area contributed by atoms with Gasteiger partial charge in [-0.3, -0.25) is 9.59 Å². The van der Waals surface area contributed by atoms with Crippen molar-refractivity contribution in [2.24, 2.45) is 17.3 Å². The highest BCUT2D eigenvalue weighted by Gasteiger charge is 2.55. The molecule has 0 amide bonds. The van der Waals surface area contributed by atoms with Gasteiger partial charge in [-0.05, 0) is 50.2 Å². The fourth-order valence-corrected chi connectivity index (χ4v) is 5.06. The van der Waals surface area contributed by atoms with E-state index >= 15 is 0 Å². The van der Waals surface area contributed by atoms with E-state index in [1.54, 1.807) is 0 Å². The summed E-state index contributed by atoms with van der Waals surface area (Å²) < 4.78 is 16.3. The van der Waals surface area contributed by atoms with Crippen molar-refractivity contribution in [3.05, 3.63) is 23.3 Å². The van der Waals surface area contributed by atoms with Crippen LogP contribution in [0.15, 0.2) is 23.3 Å². The molecule has 0 aromatic heterocycles. The maximum absolute atomic E-state index is 12.5. The zero-order valence-corrected chi connectivity index (χ0v) is 19.7. The molecule has 0 aromatic rings. The molecule has 0 bridgehead atoms. The molecule has 6 heteroatoms. The molecule has 0 spiro atoms. The van der Waals surface area contributed by atoms with Gasteiger partial charge in [-0.2, -0.15) is 0 Å². The Labute approximate surface area is 170 Å². The lowest BCUT2D eigenvalue weighted by Gasteiger charge is -2.37. The van der Waals surface area contributed by atoms with E-state index in [9.17, 15) is 9.59 Å². The van der Waals surface area contributed by atoms with Crippen LogP contribution >= 0.6 is 0 Å². The number of allylic oxidation sites excluding steroid dienone is 3. The lowest BCUT2D eigenvalue weighted by atomic mass is 9.84. The maximum atomic E-state index is 12.5. The van der Waals surface area contributed by atoms with Crippen LogP contribution in [0, 0.1) is 17.3 Å². The third-order valence-electron chi connectivity index (χ3n) is 6.86. The molecule has 0 heterocycles. The third-order valence-corrected chi connectivity index (χ3v) is 11.4. The van der Waals surface area contributed by atoms with Gasteiger partial charge in [0, 0.05) is 12.5 Å². The average Bonchev–Trinajstić information content (AvgIpc) is 2.96. The molecule has 0 aliphatic heterocycles. The van der Waals surface area contributed by atoms with Crippen LogP contribution < -0.4 is 0 Å². The third kappa shape index (κ3) is 4.28. The van der Waals surface area contributed by atoms with E-state index in [-0.39, 0.29) is 11.0 Å². The molecular weight excluding hydrogens is 372 g/mol. The fraction of sp³-hybridized carbons (Fsp3) is 0.727. The molecule has 1 saturated carbocycles. The summed E-state index contributed by atoms with van der Waals surface area (Å²) in [6, 6.07) is 0. The largest absolute Gasteiger partial charge is 0.468 e. The predicted octanol–water partition coefficient (Wildman–Crippen LogP) is 4.64. The van der Waals surface area contributed by atoms with Gasteiger partial charge in [0.2, 0.25) is 0 Å². The molecule has 0 unspecified atom stereocenters. The number of methoxy groups -OCH3 is 2. The topological polar surface area (TPSA) is 61.8 Å². The van der Waals surface area contributed by atoms with E-state index in [2.05, 4.69) is 52.9 Å². The minimum absolute atomic E-state index is 0.0658. The van der Waals surface area contributed by atoms with Gasteiger partial charge < -0.3 is 13.9 Å². The van der Waals surface area contributed by atoms with Crippen molar-refractivity contribution in [3.63, 3.8) is 0 Å². The lowest BCUT2D eigenvalue weighted by molar-refractivity contribution is -0.168. The monoisotopic (exact) mass is 408 g/mol. The summed E-state index contributed by atoms with van der Waals surface area (Å²) >= 11 is 0. The van der Waals surface area contributed by atoms with Crippen molar-refractivity contribution in [1.82, 2.24) is 0 Å². The van der Waals surface area contributed by atoms with Crippen molar-refractivity contribution in [2.75, 3.05) is 20.8 Å². The number of ether oxygens (including phenoxy) is 2. The van der Waals surface area contributed by atoms with Gasteiger partial charge in [-0.15, -0.1) is 0 Å². The number of hydrogen-bond acceptors (Lipinski definition) is 5. The first-order chi connectivity index (χ1) is 12.9.